The molecule has 5 atom stereocenters. The molecule has 202 valence electrons. The second kappa shape index (κ2) is 10.5. The third-order valence-electron chi connectivity index (χ3n) is 8.38. The number of hydrogen-bond acceptors (Lipinski definition) is 5. The maximum atomic E-state index is 14.1. The minimum Gasteiger partial charge on any atom is -0.396 e. The predicted octanol–water partition coefficient (Wildman–Crippen LogP) is 4.87. The maximum Gasteiger partial charge on any atom is 0.248 e. The van der Waals surface area contributed by atoms with Gasteiger partial charge >= 0.3 is 0 Å². The van der Waals surface area contributed by atoms with E-state index in [1.807, 2.05) is 49.4 Å². The predicted molar refractivity (Wildman–Crippen MR) is 151 cm³/mol. The minimum absolute atomic E-state index is 0.0894. The number of para-hydroxylation sites is 2. The first kappa shape index (κ1) is 27.0. The van der Waals surface area contributed by atoms with Crippen molar-refractivity contribution >= 4 is 52.5 Å². The van der Waals surface area contributed by atoms with Crippen molar-refractivity contribution in [1.82, 2.24) is 4.90 Å². The second-order valence-corrected chi connectivity index (χ2v) is 13.1. The van der Waals surface area contributed by atoms with Crippen molar-refractivity contribution in [2.75, 3.05) is 23.8 Å². The number of thioether (sulfide) groups is 1. The molecule has 3 fully saturated rings. The fourth-order valence-corrected chi connectivity index (χ4v) is 9.29. The molecule has 0 aromatic heterocycles. The van der Waals surface area contributed by atoms with Crippen molar-refractivity contribution < 1.29 is 19.5 Å². The summed E-state index contributed by atoms with van der Waals surface area (Å²) < 4.78 is -1.14. The number of aryl methyl sites for hydroxylation is 1. The van der Waals surface area contributed by atoms with Crippen LogP contribution < -0.4 is 10.6 Å². The smallest absolute Gasteiger partial charge is 0.248 e. The van der Waals surface area contributed by atoms with Crippen molar-refractivity contribution in [3.8, 4) is 0 Å². The number of likely N-dealkylation sites (tertiary alicyclic amines) is 1. The van der Waals surface area contributed by atoms with E-state index in [1.54, 1.807) is 22.7 Å². The Morgan fingerprint density at radius 2 is 1.82 bits per heavy atom. The van der Waals surface area contributed by atoms with Gasteiger partial charge in [0.25, 0.3) is 0 Å². The molecule has 0 aliphatic carbocycles. The number of anilines is 2. The van der Waals surface area contributed by atoms with Gasteiger partial charge in [0.05, 0.1) is 27.3 Å². The Balaban J connectivity index is 1.49. The molecule has 2 bridgehead atoms. The zero-order chi connectivity index (χ0) is 27.1. The topological polar surface area (TPSA) is 98.7 Å². The largest absolute Gasteiger partial charge is 0.396 e. The first-order chi connectivity index (χ1) is 18.2. The van der Waals surface area contributed by atoms with E-state index in [1.165, 1.54) is 0 Å². The number of halogens is 1. The number of carbonyl (C=O) groups excluding carboxylic acids is 3. The number of carbonyl (C=O) groups is 3. The van der Waals surface area contributed by atoms with Crippen LogP contribution in [-0.2, 0) is 14.4 Å². The van der Waals surface area contributed by atoms with Crippen molar-refractivity contribution in [3.05, 3.63) is 59.1 Å². The van der Waals surface area contributed by atoms with Gasteiger partial charge in [-0.3, -0.25) is 14.4 Å². The van der Waals surface area contributed by atoms with Crippen LogP contribution in [0.3, 0.4) is 0 Å². The summed E-state index contributed by atoms with van der Waals surface area (Å²) in [6, 6.07) is 14.0. The number of amides is 3. The Bertz CT molecular complexity index is 1220. The highest BCUT2D eigenvalue weighted by molar-refractivity contribution is 8.02. The van der Waals surface area contributed by atoms with Gasteiger partial charge in [0.15, 0.2) is 0 Å². The highest BCUT2D eigenvalue weighted by atomic mass is 35.5. The number of hydrogen-bond donors (Lipinski definition) is 3. The van der Waals surface area contributed by atoms with Crippen LogP contribution in [0.1, 0.15) is 44.6 Å². The number of aliphatic hydroxyl groups is 1. The van der Waals surface area contributed by atoms with Crippen LogP contribution in [0.25, 0.3) is 0 Å². The van der Waals surface area contributed by atoms with Crippen LogP contribution >= 0.6 is 23.4 Å². The minimum atomic E-state index is -0.717. The summed E-state index contributed by atoms with van der Waals surface area (Å²) in [6.07, 6.45) is 3.50. The Hall–Kier alpha value is -2.55. The lowest BCUT2D eigenvalue weighted by molar-refractivity contribution is -0.139. The summed E-state index contributed by atoms with van der Waals surface area (Å²) >= 11 is 8.09. The third kappa shape index (κ3) is 4.50. The molecule has 7 nitrogen and oxygen atoms in total. The van der Waals surface area contributed by atoms with Crippen LogP contribution in [-0.4, -0.2) is 56.4 Å². The average molecular weight is 556 g/mol. The van der Waals surface area contributed by atoms with Crippen molar-refractivity contribution in [3.63, 3.8) is 0 Å². The van der Waals surface area contributed by atoms with Gasteiger partial charge in [-0.25, -0.2) is 0 Å². The molecule has 38 heavy (non-hydrogen) atoms. The van der Waals surface area contributed by atoms with Gasteiger partial charge in [-0.15, -0.1) is 11.8 Å². The summed E-state index contributed by atoms with van der Waals surface area (Å²) in [5.74, 6) is -1.70. The standard InChI is InChI=1S/C29H34ClN3O4S/c1-18-10-9-13-20(30)23(18)32-26(36)24-29-15-14-28(2,38-29)21(25(35)31-19-11-5-3-6-12-19)22(29)27(37)33(24)16-7-4-8-17-34/h3,5-6,9-13,21-22,24,34H,4,7-8,14-17H2,1-2H3,(H,31,35)(H,32,36)/t21-,22-,24?,28+,29?/m0/s1. The SMILES string of the molecule is Cc1cccc(Cl)c1NC(=O)C1N(CCCCCO)C(=O)[C@@H]2[C@@H](C(=O)Nc3ccccc3)[C@@]3(C)CCC12S3. The number of fused-ring (bicyclic) bond motifs is 1. The molecule has 0 saturated carbocycles. The van der Waals surface area contributed by atoms with Gasteiger partial charge in [0, 0.05) is 23.6 Å². The van der Waals surface area contributed by atoms with Gasteiger partial charge in [0.1, 0.15) is 6.04 Å². The molecule has 5 rings (SSSR count). The van der Waals surface area contributed by atoms with Crippen LogP contribution in [0, 0.1) is 18.8 Å². The van der Waals surface area contributed by atoms with E-state index >= 15 is 0 Å². The van der Waals surface area contributed by atoms with Gasteiger partial charge in [-0.1, -0.05) is 41.9 Å². The molecule has 9 heteroatoms. The van der Waals surface area contributed by atoms with Gasteiger partial charge in [-0.2, -0.15) is 0 Å². The first-order valence-corrected chi connectivity index (χ1v) is 14.4. The zero-order valence-electron chi connectivity index (χ0n) is 21.7. The highest BCUT2D eigenvalue weighted by Gasteiger charge is 2.77. The van der Waals surface area contributed by atoms with Gasteiger partial charge in [-0.05, 0) is 69.7 Å². The fraction of sp³-hybridized carbons (Fsp3) is 0.483. The molecular weight excluding hydrogens is 522 g/mol. The summed E-state index contributed by atoms with van der Waals surface area (Å²) in [4.78, 5) is 43.6. The van der Waals surface area contributed by atoms with Crippen LogP contribution in [0.2, 0.25) is 5.02 Å². The maximum absolute atomic E-state index is 14.1. The van der Waals surface area contributed by atoms with Crippen LogP contribution in [0.15, 0.2) is 48.5 Å². The molecule has 0 radical (unpaired) electrons. The Labute approximate surface area is 232 Å². The van der Waals surface area contributed by atoms with E-state index in [-0.39, 0.29) is 24.3 Å². The number of nitrogens with zero attached hydrogens (tertiary/aromatic N) is 1. The second-order valence-electron chi connectivity index (χ2n) is 10.8. The molecule has 3 aliphatic heterocycles. The lowest BCUT2D eigenvalue weighted by Gasteiger charge is -2.35. The summed E-state index contributed by atoms with van der Waals surface area (Å²) in [6.45, 7) is 4.44. The molecule has 3 heterocycles. The molecule has 1 spiro atoms. The van der Waals surface area contributed by atoms with E-state index in [2.05, 4.69) is 17.6 Å². The monoisotopic (exact) mass is 555 g/mol. The molecule has 3 saturated heterocycles. The number of rotatable bonds is 9. The molecule has 2 unspecified atom stereocenters. The van der Waals surface area contributed by atoms with E-state index < -0.39 is 27.4 Å². The Morgan fingerprint density at radius 1 is 1.05 bits per heavy atom. The number of unbranched alkanes of at least 4 members (excludes halogenated alkanes) is 2. The molecular formula is C29H34ClN3O4S. The molecule has 3 aliphatic rings. The zero-order valence-corrected chi connectivity index (χ0v) is 23.3. The first-order valence-electron chi connectivity index (χ1n) is 13.3. The number of nitrogens with one attached hydrogen (secondary N) is 2. The van der Waals surface area contributed by atoms with Crippen LogP contribution in [0.5, 0.6) is 0 Å². The number of benzene rings is 2. The Kier molecular flexibility index (Phi) is 7.50. The normalized spacial score (nSPS) is 29.4. The summed E-state index contributed by atoms with van der Waals surface area (Å²) in [7, 11) is 0. The lowest BCUT2D eigenvalue weighted by Crippen LogP contribution is -2.52. The average Bonchev–Trinajstić information content (AvgIpc) is 3.45. The van der Waals surface area contributed by atoms with E-state index in [0.29, 0.717) is 42.2 Å². The van der Waals surface area contributed by atoms with E-state index in [9.17, 15) is 19.5 Å². The molecule has 2 aromatic carbocycles. The van der Waals surface area contributed by atoms with Gasteiger partial charge < -0.3 is 20.6 Å². The third-order valence-corrected chi connectivity index (χ3v) is 10.7. The number of aliphatic hydroxyl groups excluding tert-OH is 1. The van der Waals surface area contributed by atoms with Crippen molar-refractivity contribution in [2.24, 2.45) is 11.8 Å². The van der Waals surface area contributed by atoms with E-state index in [4.69, 9.17) is 11.6 Å². The highest BCUT2D eigenvalue weighted by Crippen LogP contribution is 2.71. The Morgan fingerprint density at radius 3 is 2.53 bits per heavy atom. The molecule has 3 N–H and O–H groups in total. The van der Waals surface area contributed by atoms with Gasteiger partial charge in [0.2, 0.25) is 17.7 Å². The van der Waals surface area contributed by atoms with Crippen molar-refractivity contribution in [1.29, 1.82) is 0 Å². The van der Waals surface area contributed by atoms with Crippen LogP contribution in [0.4, 0.5) is 11.4 Å². The van der Waals surface area contributed by atoms with E-state index in [0.717, 1.165) is 18.4 Å². The lowest BCUT2D eigenvalue weighted by atomic mass is 9.66. The van der Waals surface area contributed by atoms with Crippen molar-refractivity contribution in [2.45, 2.75) is 61.5 Å². The molecule has 3 amide bonds. The summed E-state index contributed by atoms with van der Waals surface area (Å²) in [5.41, 5.74) is 2.08. The quantitative estimate of drug-likeness (QED) is 0.383. The summed E-state index contributed by atoms with van der Waals surface area (Å²) in [5, 5.41) is 15.7. The fourth-order valence-electron chi connectivity index (χ4n) is 6.66. The molecule has 2 aromatic rings.